The van der Waals surface area contributed by atoms with Crippen molar-refractivity contribution < 1.29 is 46.4 Å². The predicted octanol–water partition coefficient (Wildman–Crippen LogP) is 3.38. The molecule has 0 amide bonds. The molecule has 1 rings (SSSR count). The van der Waals surface area contributed by atoms with Crippen LogP contribution in [0, 0.1) is 17.5 Å². The van der Waals surface area contributed by atoms with Crippen LogP contribution in [-0.2, 0) is 23.7 Å². The second-order valence-corrected chi connectivity index (χ2v) is 5.66. The summed E-state index contributed by atoms with van der Waals surface area (Å²) in [5.41, 5.74) is -0.788. The van der Waals surface area contributed by atoms with E-state index in [1.165, 1.54) is 0 Å². The number of ether oxygens (including phenoxy) is 5. The van der Waals surface area contributed by atoms with Crippen LogP contribution in [0.15, 0.2) is 6.07 Å². The summed E-state index contributed by atoms with van der Waals surface area (Å²) in [6.45, 7) is 4.03. The molecule has 0 heterocycles. The first-order valence-corrected chi connectivity index (χ1v) is 9.10. The first-order chi connectivity index (χ1) is 13.8. The van der Waals surface area contributed by atoms with E-state index in [1.54, 1.807) is 13.8 Å². The number of rotatable bonds is 14. The molecular weight excluding hydrogens is 397 g/mol. The second kappa shape index (κ2) is 13.1. The molecule has 0 spiro atoms. The van der Waals surface area contributed by atoms with Crippen LogP contribution < -0.4 is 4.74 Å². The predicted molar refractivity (Wildman–Crippen MR) is 95.0 cm³/mol. The number of hydrogen-bond donors (Lipinski definition) is 0. The van der Waals surface area contributed by atoms with E-state index in [0.717, 1.165) is 7.11 Å². The molecule has 0 aliphatic heterocycles. The second-order valence-electron chi connectivity index (χ2n) is 5.66. The van der Waals surface area contributed by atoms with Gasteiger partial charge in [0.2, 0.25) is 5.82 Å². The third-order valence-electron chi connectivity index (χ3n) is 3.59. The lowest BCUT2D eigenvalue weighted by Gasteiger charge is -2.16. The standard InChI is InChI=1S/C19H25F3O7/c1-4-26-19(27-5-2)29-9-7-6-8-28-15(24)11-14(23)12-10-13(20)17(22)18(25-3)16(12)21/h10,19H,4-9,11H2,1-3H3. The number of carbonyl (C=O) groups excluding carboxylic acids is 2. The maximum absolute atomic E-state index is 14.0. The van der Waals surface area contributed by atoms with Crippen LogP contribution in [0.3, 0.4) is 0 Å². The van der Waals surface area contributed by atoms with Crippen LogP contribution in [0.2, 0.25) is 0 Å². The molecule has 1 aromatic carbocycles. The van der Waals surface area contributed by atoms with Crippen molar-refractivity contribution in [1.82, 2.24) is 0 Å². The first-order valence-electron chi connectivity index (χ1n) is 9.10. The molecule has 7 nitrogen and oxygen atoms in total. The molecule has 0 atom stereocenters. The third-order valence-corrected chi connectivity index (χ3v) is 3.59. The van der Waals surface area contributed by atoms with Gasteiger partial charge in [-0.15, -0.1) is 0 Å². The monoisotopic (exact) mass is 422 g/mol. The molecule has 164 valence electrons. The normalized spacial score (nSPS) is 11.0. The Bertz CT molecular complexity index is 676. The van der Waals surface area contributed by atoms with Gasteiger partial charge in [-0.25, -0.2) is 8.78 Å². The van der Waals surface area contributed by atoms with Gasteiger partial charge >= 0.3 is 5.97 Å². The molecule has 0 saturated carbocycles. The van der Waals surface area contributed by atoms with Gasteiger partial charge in [0.05, 0.1) is 25.9 Å². The number of carbonyl (C=O) groups is 2. The molecule has 0 saturated heterocycles. The van der Waals surface area contributed by atoms with Gasteiger partial charge in [-0.2, -0.15) is 4.39 Å². The van der Waals surface area contributed by atoms with Gasteiger partial charge < -0.3 is 23.7 Å². The van der Waals surface area contributed by atoms with Gasteiger partial charge in [-0.05, 0) is 32.8 Å². The van der Waals surface area contributed by atoms with E-state index in [2.05, 4.69) is 4.74 Å². The van der Waals surface area contributed by atoms with Crippen LogP contribution in [0.4, 0.5) is 13.2 Å². The van der Waals surface area contributed by atoms with Crippen molar-refractivity contribution in [3.05, 3.63) is 29.1 Å². The Kier molecular flexibility index (Phi) is 11.3. The Morgan fingerprint density at radius 2 is 1.59 bits per heavy atom. The molecule has 0 unspecified atom stereocenters. The first kappa shape index (κ1) is 24.9. The molecule has 0 N–H and O–H groups in total. The lowest BCUT2D eigenvalue weighted by atomic mass is 10.1. The molecule has 1 aromatic rings. The van der Waals surface area contributed by atoms with Crippen LogP contribution in [0.5, 0.6) is 5.75 Å². The van der Waals surface area contributed by atoms with Crippen molar-refractivity contribution in [2.24, 2.45) is 0 Å². The zero-order valence-electron chi connectivity index (χ0n) is 16.6. The van der Waals surface area contributed by atoms with Crippen molar-refractivity contribution in [2.75, 3.05) is 33.5 Å². The van der Waals surface area contributed by atoms with E-state index in [-0.39, 0.29) is 6.61 Å². The quantitative estimate of drug-likeness (QED) is 0.114. The third kappa shape index (κ3) is 8.00. The highest BCUT2D eigenvalue weighted by molar-refractivity contribution is 6.06. The minimum absolute atomic E-state index is 0.00694. The van der Waals surface area contributed by atoms with Crippen LogP contribution >= 0.6 is 0 Å². The van der Waals surface area contributed by atoms with Gasteiger partial charge in [-0.3, -0.25) is 9.59 Å². The van der Waals surface area contributed by atoms with Crippen molar-refractivity contribution >= 4 is 11.8 Å². The number of methoxy groups -OCH3 is 1. The highest BCUT2D eigenvalue weighted by Crippen LogP contribution is 2.27. The molecule has 0 aromatic heterocycles. The topological polar surface area (TPSA) is 80.3 Å². The molecular formula is C19H25F3O7. The van der Waals surface area contributed by atoms with E-state index in [0.29, 0.717) is 38.7 Å². The van der Waals surface area contributed by atoms with Gasteiger partial charge in [0.25, 0.3) is 6.48 Å². The summed E-state index contributed by atoms with van der Waals surface area (Å²) in [7, 11) is 0.929. The summed E-state index contributed by atoms with van der Waals surface area (Å²) in [4.78, 5) is 23.7. The maximum atomic E-state index is 14.0. The molecule has 0 bridgehead atoms. The Morgan fingerprint density at radius 1 is 0.966 bits per heavy atom. The molecule has 0 aliphatic carbocycles. The van der Waals surface area contributed by atoms with Gasteiger partial charge in [0.1, 0.15) is 6.42 Å². The molecule has 29 heavy (non-hydrogen) atoms. The van der Waals surface area contributed by atoms with E-state index < -0.39 is 53.4 Å². The highest BCUT2D eigenvalue weighted by atomic mass is 19.2. The Balaban J connectivity index is 2.40. The number of unbranched alkanes of at least 4 members (excludes halogenated alkanes) is 1. The number of esters is 1. The van der Waals surface area contributed by atoms with Crippen molar-refractivity contribution in [3.8, 4) is 5.75 Å². The van der Waals surface area contributed by atoms with E-state index in [4.69, 9.17) is 18.9 Å². The van der Waals surface area contributed by atoms with Gasteiger partial charge in [-0.1, -0.05) is 0 Å². The summed E-state index contributed by atoms with van der Waals surface area (Å²) in [5.74, 6) is -7.39. The van der Waals surface area contributed by atoms with Crippen LogP contribution in [-0.4, -0.2) is 51.8 Å². The minimum atomic E-state index is -1.55. The van der Waals surface area contributed by atoms with E-state index >= 15 is 0 Å². The summed E-state index contributed by atoms with van der Waals surface area (Å²) in [6, 6.07) is 0.382. The number of benzene rings is 1. The van der Waals surface area contributed by atoms with Crippen LogP contribution in [0.25, 0.3) is 0 Å². The Morgan fingerprint density at radius 3 is 2.17 bits per heavy atom. The molecule has 10 heteroatoms. The average molecular weight is 422 g/mol. The zero-order valence-corrected chi connectivity index (χ0v) is 16.6. The maximum Gasteiger partial charge on any atom is 0.313 e. The summed E-state index contributed by atoms with van der Waals surface area (Å²) in [6.07, 6.45) is 0.156. The van der Waals surface area contributed by atoms with Gasteiger partial charge in [0, 0.05) is 13.2 Å². The minimum Gasteiger partial charge on any atom is -0.491 e. The summed E-state index contributed by atoms with van der Waals surface area (Å²) < 4.78 is 66.0. The Hall–Kier alpha value is -2.17. The van der Waals surface area contributed by atoms with Crippen molar-refractivity contribution in [2.45, 2.75) is 39.6 Å². The van der Waals surface area contributed by atoms with Crippen LogP contribution in [0.1, 0.15) is 43.5 Å². The lowest BCUT2D eigenvalue weighted by Crippen LogP contribution is -2.21. The molecule has 0 fully saturated rings. The largest absolute Gasteiger partial charge is 0.491 e. The van der Waals surface area contributed by atoms with Crippen molar-refractivity contribution in [3.63, 3.8) is 0 Å². The number of halogens is 3. The summed E-state index contributed by atoms with van der Waals surface area (Å²) >= 11 is 0. The smallest absolute Gasteiger partial charge is 0.313 e. The Labute approximate surface area is 167 Å². The zero-order chi connectivity index (χ0) is 21.8. The SMILES string of the molecule is CCOC(OCC)OCCCCOC(=O)CC(=O)c1cc(F)c(F)c(OC)c1F. The van der Waals surface area contributed by atoms with Gasteiger partial charge in [0.15, 0.2) is 23.2 Å². The molecule has 0 radical (unpaired) electrons. The number of Topliss-reactive ketones (excluding diaryl/α,β-unsaturated/α-hetero) is 1. The fourth-order valence-electron chi connectivity index (χ4n) is 2.23. The van der Waals surface area contributed by atoms with Crippen molar-refractivity contribution in [1.29, 1.82) is 0 Å². The van der Waals surface area contributed by atoms with E-state index in [1.807, 2.05) is 0 Å². The number of ketones is 1. The molecule has 0 aliphatic rings. The fourth-order valence-corrected chi connectivity index (χ4v) is 2.23. The lowest BCUT2D eigenvalue weighted by molar-refractivity contribution is -0.284. The number of hydrogen-bond acceptors (Lipinski definition) is 7. The van der Waals surface area contributed by atoms with E-state index in [9.17, 15) is 22.8 Å². The fraction of sp³-hybridized carbons (Fsp3) is 0.579. The summed E-state index contributed by atoms with van der Waals surface area (Å²) in [5, 5.41) is 0. The highest BCUT2D eigenvalue weighted by Gasteiger charge is 2.25. The average Bonchev–Trinajstić information content (AvgIpc) is 2.68.